The van der Waals surface area contributed by atoms with Crippen LogP contribution in [0.1, 0.15) is 33.6 Å². The zero-order chi connectivity index (χ0) is 8.85. The maximum Gasteiger partial charge on any atom is 0.0583 e. The minimum absolute atomic E-state index is 0.275. The van der Waals surface area contributed by atoms with Crippen molar-refractivity contribution in [3.05, 3.63) is 0 Å². The van der Waals surface area contributed by atoms with E-state index in [9.17, 15) is 0 Å². The average molecular weight is 159 g/mol. The van der Waals surface area contributed by atoms with E-state index in [1.165, 1.54) is 0 Å². The number of ether oxygens (including phenoxy) is 1. The van der Waals surface area contributed by atoms with Gasteiger partial charge < -0.3 is 10.5 Å². The number of rotatable bonds is 5. The van der Waals surface area contributed by atoms with Crippen LogP contribution in [0.5, 0.6) is 0 Å². The van der Waals surface area contributed by atoms with Gasteiger partial charge in [0, 0.05) is 13.2 Å². The molecule has 0 amide bonds. The molecule has 0 aliphatic rings. The van der Waals surface area contributed by atoms with Gasteiger partial charge in [-0.05, 0) is 19.3 Å². The lowest BCUT2D eigenvalue weighted by atomic mass is 9.94. The fourth-order valence-corrected chi connectivity index (χ4v) is 1.16. The standard InChI is InChI=1S/C9H21NO/c1-5-6-9(10)7(2)8(3)11-4/h7-9H,5-6,10H2,1-4H3. The van der Waals surface area contributed by atoms with E-state index >= 15 is 0 Å². The van der Waals surface area contributed by atoms with Crippen LogP contribution in [0.4, 0.5) is 0 Å². The van der Waals surface area contributed by atoms with Crippen molar-refractivity contribution < 1.29 is 4.74 Å². The molecule has 3 atom stereocenters. The Morgan fingerprint density at radius 1 is 1.36 bits per heavy atom. The van der Waals surface area contributed by atoms with E-state index in [-0.39, 0.29) is 12.1 Å². The molecule has 2 nitrogen and oxygen atoms in total. The highest BCUT2D eigenvalue weighted by atomic mass is 16.5. The van der Waals surface area contributed by atoms with Crippen molar-refractivity contribution in [3.8, 4) is 0 Å². The molecule has 0 radical (unpaired) electrons. The van der Waals surface area contributed by atoms with Crippen LogP contribution in [-0.4, -0.2) is 19.3 Å². The van der Waals surface area contributed by atoms with Crippen LogP contribution in [0.2, 0.25) is 0 Å². The molecule has 68 valence electrons. The van der Waals surface area contributed by atoms with E-state index in [4.69, 9.17) is 10.5 Å². The van der Waals surface area contributed by atoms with Crippen molar-refractivity contribution >= 4 is 0 Å². The summed E-state index contributed by atoms with van der Waals surface area (Å²) in [5, 5.41) is 0. The van der Waals surface area contributed by atoms with E-state index in [1.54, 1.807) is 7.11 Å². The summed E-state index contributed by atoms with van der Waals surface area (Å²) in [6.07, 6.45) is 2.52. The topological polar surface area (TPSA) is 35.2 Å². The van der Waals surface area contributed by atoms with Crippen LogP contribution in [-0.2, 0) is 4.74 Å². The van der Waals surface area contributed by atoms with Crippen molar-refractivity contribution in [2.75, 3.05) is 7.11 Å². The highest BCUT2D eigenvalue weighted by molar-refractivity contribution is 4.73. The molecule has 11 heavy (non-hydrogen) atoms. The Hall–Kier alpha value is -0.0800. The van der Waals surface area contributed by atoms with Gasteiger partial charge in [-0.1, -0.05) is 20.3 Å². The Balaban J connectivity index is 3.70. The third-order valence-electron chi connectivity index (χ3n) is 2.41. The van der Waals surface area contributed by atoms with E-state index in [2.05, 4.69) is 20.8 Å². The van der Waals surface area contributed by atoms with Gasteiger partial charge in [0.1, 0.15) is 0 Å². The first-order valence-electron chi connectivity index (χ1n) is 4.41. The zero-order valence-electron chi connectivity index (χ0n) is 8.13. The molecule has 0 saturated carbocycles. The quantitative estimate of drug-likeness (QED) is 0.663. The van der Waals surface area contributed by atoms with E-state index in [0.717, 1.165) is 12.8 Å². The second-order valence-electron chi connectivity index (χ2n) is 3.25. The maximum atomic E-state index is 5.92. The van der Waals surface area contributed by atoms with Crippen LogP contribution in [0, 0.1) is 5.92 Å². The van der Waals surface area contributed by atoms with Crippen molar-refractivity contribution in [1.82, 2.24) is 0 Å². The highest BCUT2D eigenvalue weighted by Gasteiger charge is 2.17. The molecule has 0 rings (SSSR count). The van der Waals surface area contributed by atoms with Crippen LogP contribution < -0.4 is 5.73 Å². The molecule has 0 fully saturated rings. The molecule has 0 spiro atoms. The largest absolute Gasteiger partial charge is 0.381 e. The lowest BCUT2D eigenvalue weighted by molar-refractivity contribution is 0.0621. The number of hydrogen-bond acceptors (Lipinski definition) is 2. The second-order valence-corrected chi connectivity index (χ2v) is 3.25. The van der Waals surface area contributed by atoms with Gasteiger partial charge in [-0.25, -0.2) is 0 Å². The first-order chi connectivity index (χ1) is 5.13. The summed E-state index contributed by atoms with van der Waals surface area (Å²) in [6, 6.07) is 0.287. The van der Waals surface area contributed by atoms with Gasteiger partial charge in [0.05, 0.1) is 6.10 Å². The summed E-state index contributed by atoms with van der Waals surface area (Å²) >= 11 is 0. The van der Waals surface area contributed by atoms with Gasteiger partial charge in [0.2, 0.25) is 0 Å². The first-order valence-corrected chi connectivity index (χ1v) is 4.41. The molecule has 0 bridgehead atoms. The summed E-state index contributed by atoms with van der Waals surface area (Å²) < 4.78 is 5.20. The van der Waals surface area contributed by atoms with E-state index < -0.39 is 0 Å². The van der Waals surface area contributed by atoms with Crippen LogP contribution >= 0.6 is 0 Å². The normalized spacial score (nSPS) is 19.4. The molecule has 3 unspecified atom stereocenters. The zero-order valence-corrected chi connectivity index (χ0v) is 8.13. The fourth-order valence-electron chi connectivity index (χ4n) is 1.16. The van der Waals surface area contributed by atoms with Crippen molar-refractivity contribution in [2.45, 2.75) is 45.8 Å². The van der Waals surface area contributed by atoms with Crippen LogP contribution in [0.25, 0.3) is 0 Å². The van der Waals surface area contributed by atoms with E-state index in [0.29, 0.717) is 5.92 Å². The van der Waals surface area contributed by atoms with Crippen LogP contribution in [0.3, 0.4) is 0 Å². The smallest absolute Gasteiger partial charge is 0.0583 e. The van der Waals surface area contributed by atoms with Gasteiger partial charge in [-0.3, -0.25) is 0 Å². The summed E-state index contributed by atoms with van der Waals surface area (Å²) in [5.74, 6) is 0.458. The SMILES string of the molecule is CCCC(N)C(C)C(C)OC. The molecule has 0 saturated heterocycles. The van der Waals surface area contributed by atoms with Crippen molar-refractivity contribution in [1.29, 1.82) is 0 Å². The Morgan fingerprint density at radius 3 is 2.27 bits per heavy atom. The van der Waals surface area contributed by atoms with Gasteiger partial charge >= 0.3 is 0 Å². The molecular formula is C9H21NO. The number of methoxy groups -OCH3 is 1. The van der Waals surface area contributed by atoms with Crippen molar-refractivity contribution in [3.63, 3.8) is 0 Å². The number of nitrogens with two attached hydrogens (primary N) is 1. The molecule has 2 N–H and O–H groups in total. The molecule has 0 heterocycles. The monoisotopic (exact) mass is 159 g/mol. The third-order valence-corrected chi connectivity index (χ3v) is 2.41. The summed E-state index contributed by atoms with van der Waals surface area (Å²) in [5.41, 5.74) is 5.92. The third kappa shape index (κ3) is 3.73. The Morgan fingerprint density at radius 2 is 1.91 bits per heavy atom. The summed E-state index contributed by atoms with van der Waals surface area (Å²) in [6.45, 7) is 6.37. The number of hydrogen-bond donors (Lipinski definition) is 1. The maximum absolute atomic E-state index is 5.92. The summed E-state index contributed by atoms with van der Waals surface area (Å²) in [4.78, 5) is 0. The average Bonchev–Trinajstić information content (AvgIpc) is 2.02. The van der Waals surface area contributed by atoms with Gasteiger partial charge in [-0.2, -0.15) is 0 Å². The summed E-state index contributed by atoms with van der Waals surface area (Å²) in [7, 11) is 1.74. The Labute approximate surface area is 70.1 Å². The molecular weight excluding hydrogens is 138 g/mol. The first kappa shape index (κ1) is 10.9. The lowest BCUT2D eigenvalue weighted by Gasteiger charge is -2.24. The molecule has 0 aromatic carbocycles. The highest BCUT2D eigenvalue weighted by Crippen LogP contribution is 2.12. The molecule has 0 aromatic rings. The van der Waals surface area contributed by atoms with Crippen molar-refractivity contribution in [2.24, 2.45) is 11.7 Å². The van der Waals surface area contributed by atoms with Gasteiger partial charge in [0.15, 0.2) is 0 Å². The van der Waals surface area contributed by atoms with E-state index in [1.807, 2.05) is 0 Å². The minimum Gasteiger partial charge on any atom is -0.381 e. The minimum atomic E-state index is 0.275. The molecule has 0 aromatic heterocycles. The Kier molecular flexibility index (Phi) is 5.51. The molecule has 0 aliphatic carbocycles. The van der Waals surface area contributed by atoms with Gasteiger partial charge in [0.25, 0.3) is 0 Å². The molecule has 2 heteroatoms. The fraction of sp³-hybridized carbons (Fsp3) is 1.00. The second kappa shape index (κ2) is 5.56. The lowest BCUT2D eigenvalue weighted by Crippen LogP contribution is -2.35. The predicted octanol–water partition coefficient (Wildman–Crippen LogP) is 1.78. The Bertz CT molecular complexity index is 95.6. The van der Waals surface area contributed by atoms with Crippen LogP contribution in [0.15, 0.2) is 0 Å². The van der Waals surface area contributed by atoms with Gasteiger partial charge in [-0.15, -0.1) is 0 Å². The molecule has 0 aliphatic heterocycles. The predicted molar refractivity (Wildman–Crippen MR) is 48.5 cm³/mol.